The van der Waals surface area contributed by atoms with Gasteiger partial charge in [-0.2, -0.15) is 13.2 Å². The number of nitrogens with one attached hydrogen (secondary N) is 3. The van der Waals surface area contributed by atoms with Crippen molar-refractivity contribution in [1.82, 2.24) is 15.6 Å². The second kappa shape index (κ2) is 10.4. The molecular formula is C23H27F3N4O3. The van der Waals surface area contributed by atoms with E-state index in [2.05, 4.69) is 20.9 Å². The maximum Gasteiger partial charge on any atom is 0.416 e. The van der Waals surface area contributed by atoms with Gasteiger partial charge in [-0.1, -0.05) is 0 Å². The Morgan fingerprint density at radius 2 is 1.79 bits per heavy atom. The number of carbonyl (C=O) groups excluding carboxylic acids is 1. The van der Waals surface area contributed by atoms with Gasteiger partial charge in [0.25, 0.3) is 0 Å². The molecule has 1 aromatic heterocycles. The number of urea groups is 1. The molecule has 1 saturated carbocycles. The molecule has 7 nitrogen and oxygen atoms in total. The van der Waals surface area contributed by atoms with Crippen molar-refractivity contribution in [2.45, 2.75) is 56.7 Å². The van der Waals surface area contributed by atoms with Crippen molar-refractivity contribution in [3.05, 3.63) is 53.9 Å². The standard InChI is InChI=1S/C23H27F3N4O3/c24-23(25,26)16-1-6-21(33-19-12-28-13-19)20(11-16)30-22(31)29-17-2-4-18(5-3-17)32-14-15-7-9-27-10-8-15/h1,6-11,17-19,28H,2-5,12-14H2,(H2,29,30,31). The highest BCUT2D eigenvalue weighted by Gasteiger charge is 2.32. The Labute approximate surface area is 190 Å². The fourth-order valence-corrected chi connectivity index (χ4v) is 3.84. The highest BCUT2D eigenvalue weighted by molar-refractivity contribution is 5.91. The van der Waals surface area contributed by atoms with Gasteiger partial charge in [-0.05, 0) is 61.6 Å². The van der Waals surface area contributed by atoms with Gasteiger partial charge in [0.05, 0.1) is 24.0 Å². The molecule has 1 aromatic carbocycles. The van der Waals surface area contributed by atoms with E-state index in [9.17, 15) is 18.0 Å². The summed E-state index contributed by atoms with van der Waals surface area (Å²) in [6.07, 6.45) is 1.96. The van der Waals surface area contributed by atoms with E-state index in [1.54, 1.807) is 12.4 Å². The highest BCUT2D eigenvalue weighted by Crippen LogP contribution is 2.35. The molecule has 0 radical (unpaired) electrons. The number of aromatic nitrogens is 1. The van der Waals surface area contributed by atoms with E-state index in [1.165, 1.54) is 6.07 Å². The van der Waals surface area contributed by atoms with Crippen molar-refractivity contribution in [3.8, 4) is 5.75 Å². The molecule has 3 N–H and O–H groups in total. The lowest BCUT2D eigenvalue weighted by Gasteiger charge is -2.30. The summed E-state index contributed by atoms with van der Waals surface area (Å²) in [6.45, 7) is 1.73. The number of benzene rings is 1. The lowest BCUT2D eigenvalue weighted by Crippen LogP contribution is -2.50. The zero-order valence-electron chi connectivity index (χ0n) is 18.0. The Bertz CT molecular complexity index is 930. The molecule has 4 rings (SSSR count). The molecule has 0 spiro atoms. The average molecular weight is 464 g/mol. The lowest BCUT2D eigenvalue weighted by molar-refractivity contribution is -0.137. The molecule has 0 bridgehead atoms. The third kappa shape index (κ3) is 6.58. The minimum atomic E-state index is -4.52. The minimum Gasteiger partial charge on any atom is -0.486 e. The molecule has 0 unspecified atom stereocenters. The molecule has 2 amide bonds. The fourth-order valence-electron chi connectivity index (χ4n) is 3.84. The Balaban J connectivity index is 1.29. The van der Waals surface area contributed by atoms with Crippen LogP contribution in [0.15, 0.2) is 42.7 Å². The quantitative estimate of drug-likeness (QED) is 0.575. The molecule has 2 fully saturated rings. The molecule has 10 heteroatoms. The topological polar surface area (TPSA) is 84.5 Å². The minimum absolute atomic E-state index is 0.00333. The summed E-state index contributed by atoms with van der Waals surface area (Å²) in [4.78, 5) is 16.5. The van der Waals surface area contributed by atoms with Gasteiger partial charge < -0.3 is 25.4 Å². The first-order valence-electron chi connectivity index (χ1n) is 11.0. The number of ether oxygens (including phenoxy) is 2. The van der Waals surface area contributed by atoms with Gasteiger partial charge >= 0.3 is 12.2 Å². The van der Waals surface area contributed by atoms with Crippen LogP contribution < -0.4 is 20.7 Å². The Kier molecular flexibility index (Phi) is 7.34. The molecule has 1 aliphatic carbocycles. The molecule has 0 atom stereocenters. The van der Waals surface area contributed by atoms with Crippen LogP contribution in [0.4, 0.5) is 23.7 Å². The average Bonchev–Trinajstić information content (AvgIpc) is 2.76. The predicted molar refractivity (Wildman–Crippen MR) is 116 cm³/mol. The normalized spacial score (nSPS) is 21.2. The van der Waals surface area contributed by atoms with Gasteiger partial charge in [-0.15, -0.1) is 0 Å². The number of rotatable bonds is 7. The molecule has 2 heterocycles. The van der Waals surface area contributed by atoms with Crippen LogP contribution in [0.2, 0.25) is 0 Å². The maximum atomic E-state index is 13.2. The summed E-state index contributed by atoms with van der Waals surface area (Å²) >= 11 is 0. The smallest absolute Gasteiger partial charge is 0.416 e. The first-order valence-corrected chi connectivity index (χ1v) is 11.0. The van der Waals surface area contributed by atoms with Gasteiger partial charge in [0.2, 0.25) is 0 Å². The number of anilines is 1. The number of nitrogens with zero attached hydrogens (tertiary/aromatic N) is 1. The largest absolute Gasteiger partial charge is 0.486 e. The Morgan fingerprint density at radius 3 is 2.42 bits per heavy atom. The zero-order valence-corrected chi connectivity index (χ0v) is 18.0. The second-order valence-electron chi connectivity index (χ2n) is 8.35. The van der Waals surface area contributed by atoms with E-state index in [4.69, 9.17) is 9.47 Å². The summed E-state index contributed by atoms with van der Waals surface area (Å²) in [5.41, 5.74) is 0.216. The molecule has 178 valence electrons. The van der Waals surface area contributed by atoms with E-state index in [1.807, 2.05) is 12.1 Å². The van der Waals surface area contributed by atoms with Crippen LogP contribution in [0.1, 0.15) is 36.8 Å². The molecule has 1 saturated heterocycles. The monoisotopic (exact) mass is 464 g/mol. The van der Waals surface area contributed by atoms with Gasteiger partial charge in [-0.3, -0.25) is 4.98 Å². The van der Waals surface area contributed by atoms with Crippen molar-refractivity contribution in [2.24, 2.45) is 0 Å². The van der Waals surface area contributed by atoms with Crippen LogP contribution in [-0.4, -0.2) is 42.4 Å². The summed E-state index contributed by atoms with van der Waals surface area (Å²) < 4.78 is 51.2. The third-order valence-corrected chi connectivity index (χ3v) is 5.84. The van der Waals surface area contributed by atoms with Crippen molar-refractivity contribution in [1.29, 1.82) is 0 Å². The van der Waals surface area contributed by atoms with Crippen LogP contribution in [0, 0.1) is 0 Å². The van der Waals surface area contributed by atoms with E-state index in [0.717, 1.165) is 43.4 Å². The first kappa shape index (κ1) is 23.3. The van der Waals surface area contributed by atoms with Crippen LogP contribution >= 0.6 is 0 Å². The first-order chi connectivity index (χ1) is 15.9. The van der Waals surface area contributed by atoms with Gasteiger partial charge in [-0.25, -0.2) is 4.79 Å². The molecule has 2 aromatic rings. The maximum absolute atomic E-state index is 13.2. The predicted octanol–water partition coefficient (Wildman–Crippen LogP) is 4.10. The summed E-state index contributed by atoms with van der Waals surface area (Å²) in [5.74, 6) is 0.220. The van der Waals surface area contributed by atoms with E-state index in [-0.39, 0.29) is 29.7 Å². The highest BCUT2D eigenvalue weighted by atomic mass is 19.4. The SMILES string of the molecule is O=C(Nc1cc(C(F)(F)F)ccc1OC1CNC1)NC1CCC(OCc2ccncc2)CC1. The summed E-state index contributed by atoms with van der Waals surface area (Å²) in [6, 6.07) is 6.31. The number of alkyl halides is 3. The molecule has 33 heavy (non-hydrogen) atoms. The van der Waals surface area contributed by atoms with Crippen LogP contribution in [-0.2, 0) is 17.5 Å². The van der Waals surface area contributed by atoms with Gasteiger partial charge in [0, 0.05) is 31.5 Å². The van der Waals surface area contributed by atoms with Crippen molar-refractivity contribution in [3.63, 3.8) is 0 Å². The Morgan fingerprint density at radius 1 is 1.06 bits per heavy atom. The van der Waals surface area contributed by atoms with Crippen LogP contribution in [0.5, 0.6) is 5.75 Å². The number of hydrogen-bond donors (Lipinski definition) is 3. The number of halogens is 3. The van der Waals surface area contributed by atoms with Crippen molar-refractivity contribution in [2.75, 3.05) is 18.4 Å². The number of hydrogen-bond acceptors (Lipinski definition) is 5. The number of carbonyl (C=O) groups is 1. The summed E-state index contributed by atoms with van der Waals surface area (Å²) in [7, 11) is 0. The molecular weight excluding hydrogens is 437 g/mol. The van der Waals surface area contributed by atoms with E-state index < -0.39 is 17.8 Å². The second-order valence-corrected chi connectivity index (χ2v) is 8.35. The third-order valence-electron chi connectivity index (χ3n) is 5.84. The van der Waals surface area contributed by atoms with Crippen molar-refractivity contribution < 1.29 is 27.4 Å². The van der Waals surface area contributed by atoms with Crippen LogP contribution in [0.25, 0.3) is 0 Å². The van der Waals surface area contributed by atoms with Gasteiger partial charge in [0.1, 0.15) is 11.9 Å². The Hall–Kier alpha value is -2.85. The molecule has 2 aliphatic rings. The molecule has 1 aliphatic heterocycles. The van der Waals surface area contributed by atoms with E-state index in [0.29, 0.717) is 19.7 Å². The van der Waals surface area contributed by atoms with Crippen molar-refractivity contribution >= 4 is 11.7 Å². The van der Waals surface area contributed by atoms with E-state index >= 15 is 0 Å². The van der Waals surface area contributed by atoms with Crippen LogP contribution in [0.3, 0.4) is 0 Å². The van der Waals surface area contributed by atoms with Gasteiger partial charge in [0.15, 0.2) is 0 Å². The summed E-state index contributed by atoms with van der Waals surface area (Å²) in [5, 5.41) is 8.45. The fraction of sp³-hybridized carbons (Fsp3) is 0.478. The number of amides is 2. The number of pyridine rings is 1. The zero-order chi connectivity index (χ0) is 23.3. The lowest BCUT2D eigenvalue weighted by atomic mass is 9.93.